The first-order valence-corrected chi connectivity index (χ1v) is 24.5. The number of carbonyl (C=O) groups is 9. The van der Waals surface area contributed by atoms with Crippen LogP contribution >= 0.6 is 0 Å². The SMILES string of the molecule is C[C@H](NC(=O)CNC(=O)[C@H](COC(C)(C)C)NC(=O)[C@@H](N)COC(C)(C)C)C(=O)N1CCC[C@H]1C(=O)N1CCC[C@H]1C(=O)N1CCC[C@H]1C(=O)N[C@@H](COC(C)(C)C)C(=O)N[C@@H](CCCCN)C(=O)O. The van der Waals surface area contributed by atoms with Gasteiger partial charge in [-0.15, -0.1) is 0 Å². The summed E-state index contributed by atoms with van der Waals surface area (Å²) in [5.41, 5.74) is 9.65. The molecule has 398 valence electrons. The number of unbranched alkanes of at least 4 members (excludes halogenated alkanes) is 1. The Kier molecular flexibility index (Phi) is 22.4. The zero-order chi connectivity index (χ0) is 52.7. The van der Waals surface area contributed by atoms with Gasteiger partial charge in [0.05, 0.1) is 43.2 Å². The maximum atomic E-state index is 14.3. The van der Waals surface area contributed by atoms with Crippen LogP contribution in [-0.2, 0) is 57.4 Å². The lowest BCUT2D eigenvalue weighted by Crippen LogP contribution is -2.59. The largest absolute Gasteiger partial charge is 0.480 e. The summed E-state index contributed by atoms with van der Waals surface area (Å²) >= 11 is 0. The van der Waals surface area contributed by atoms with Gasteiger partial charge < -0.3 is 72.1 Å². The molecule has 0 aromatic rings. The van der Waals surface area contributed by atoms with Gasteiger partial charge >= 0.3 is 5.97 Å². The molecule has 3 aliphatic rings. The lowest BCUT2D eigenvalue weighted by atomic mass is 10.1. The van der Waals surface area contributed by atoms with E-state index in [2.05, 4.69) is 26.6 Å². The van der Waals surface area contributed by atoms with Crippen molar-refractivity contribution in [3.05, 3.63) is 0 Å². The molecule has 3 rings (SSSR count). The fourth-order valence-electron chi connectivity index (χ4n) is 8.17. The van der Waals surface area contributed by atoms with Gasteiger partial charge in [-0.1, -0.05) is 0 Å². The van der Waals surface area contributed by atoms with E-state index in [1.54, 1.807) is 41.5 Å². The van der Waals surface area contributed by atoms with E-state index in [1.165, 1.54) is 21.6 Å². The van der Waals surface area contributed by atoms with Crippen molar-refractivity contribution in [1.82, 2.24) is 41.3 Å². The summed E-state index contributed by atoms with van der Waals surface area (Å²) in [6.07, 6.45) is 3.56. The van der Waals surface area contributed by atoms with Crippen LogP contribution in [0.5, 0.6) is 0 Å². The van der Waals surface area contributed by atoms with Gasteiger partial charge in [-0.25, -0.2) is 4.79 Å². The quantitative estimate of drug-likeness (QED) is 0.0539. The van der Waals surface area contributed by atoms with E-state index >= 15 is 0 Å². The highest BCUT2D eigenvalue weighted by molar-refractivity contribution is 5.98. The molecule has 3 heterocycles. The average Bonchev–Trinajstić information content (AvgIpc) is 4.07. The molecule has 0 radical (unpaired) electrons. The van der Waals surface area contributed by atoms with Gasteiger partial charge in [-0.3, -0.25) is 38.4 Å². The molecular weight excluding hydrogens is 913 g/mol. The van der Waals surface area contributed by atoms with Crippen LogP contribution in [0.3, 0.4) is 0 Å². The number of nitrogens with zero attached hydrogens (tertiary/aromatic N) is 3. The second-order valence-corrected chi connectivity index (χ2v) is 21.3. The Morgan fingerprint density at radius 2 is 1.06 bits per heavy atom. The number of ether oxygens (including phenoxy) is 3. The first kappa shape index (κ1) is 59.3. The van der Waals surface area contributed by atoms with Crippen LogP contribution in [0.2, 0.25) is 0 Å². The maximum Gasteiger partial charge on any atom is 0.326 e. The topological polar surface area (TPSA) is 323 Å². The van der Waals surface area contributed by atoms with E-state index in [9.17, 15) is 48.3 Å². The molecule has 0 spiro atoms. The molecule has 8 atom stereocenters. The van der Waals surface area contributed by atoms with Crippen molar-refractivity contribution in [2.45, 2.75) is 192 Å². The van der Waals surface area contributed by atoms with Gasteiger partial charge in [0.1, 0.15) is 48.3 Å². The molecule has 3 fully saturated rings. The van der Waals surface area contributed by atoms with Gasteiger partial charge in [-0.05, 0) is 134 Å². The van der Waals surface area contributed by atoms with Gasteiger partial charge in [0.2, 0.25) is 47.3 Å². The van der Waals surface area contributed by atoms with E-state index in [-0.39, 0.29) is 52.3 Å². The van der Waals surface area contributed by atoms with Crippen molar-refractivity contribution in [2.75, 3.05) is 52.5 Å². The number of hydrogen-bond acceptors (Lipinski definition) is 14. The summed E-state index contributed by atoms with van der Waals surface area (Å²) in [4.78, 5) is 125. The van der Waals surface area contributed by atoms with Gasteiger partial charge in [0.25, 0.3) is 0 Å². The van der Waals surface area contributed by atoms with Crippen molar-refractivity contribution in [1.29, 1.82) is 0 Å². The number of nitrogens with two attached hydrogens (primary N) is 2. The third-order valence-electron chi connectivity index (χ3n) is 11.9. The molecule has 0 bridgehead atoms. The molecule has 8 amide bonds. The highest BCUT2D eigenvalue weighted by Crippen LogP contribution is 2.29. The molecule has 0 saturated carbocycles. The number of rotatable bonds is 24. The molecule has 23 nitrogen and oxygen atoms in total. The third kappa shape index (κ3) is 19.0. The summed E-state index contributed by atoms with van der Waals surface area (Å²) < 4.78 is 17.2. The van der Waals surface area contributed by atoms with Crippen molar-refractivity contribution in [2.24, 2.45) is 11.5 Å². The van der Waals surface area contributed by atoms with Crippen LogP contribution in [0.25, 0.3) is 0 Å². The minimum absolute atomic E-state index is 0.103. The standard InChI is InChI=1S/C47H82N10O13/c1-28(51-36(58)24-50-38(60)31(26-69-46(5,6)7)53-37(59)29(49)25-68-45(2,3)4)41(63)56-22-14-18-34(56)43(65)57-23-15-19-35(57)42(64)55-21-13-17-33(55)40(62)54-32(27-70-47(8,9)10)39(61)52-30(44(66)67)16-11-12-20-48/h28-35H,11-27,48-49H2,1-10H3,(H,50,60)(H,51,58)(H,52,61)(H,53,59)(H,54,62)(H,66,67)/t28-,29-,30-,31-,32-,33-,34-,35-/m0/s1. The van der Waals surface area contributed by atoms with Gasteiger partial charge in [-0.2, -0.15) is 0 Å². The minimum atomic E-state index is -1.28. The predicted octanol–water partition coefficient (Wildman–Crippen LogP) is -0.979. The highest BCUT2D eigenvalue weighted by Gasteiger charge is 2.46. The number of likely N-dealkylation sites (tertiary alicyclic amines) is 3. The summed E-state index contributed by atoms with van der Waals surface area (Å²) in [5.74, 6) is -6.12. The molecule has 0 aromatic carbocycles. The Labute approximate surface area is 412 Å². The molecular formula is C47H82N10O13. The molecule has 0 aromatic heterocycles. The van der Waals surface area contributed by atoms with Crippen molar-refractivity contribution in [3.63, 3.8) is 0 Å². The predicted molar refractivity (Wildman–Crippen MR) is 256 cm³/mol. The number of nitrogens with one attached hydrogen (secondary N) is 5. The smallest absolute Gasteiger partial charge is 0.326 e. The molecule has 0 aliphatic carbocycles. The van der Waals surface area contributed by atoms with Crippen LogP contribution in [0.15, 0.2) is 0 Å². The van der Waals surface area contributed by atoms with E-state index in [1.807, 2.05) is 20.8 Å². The number of carbonyl (C=O) groups excluding carboxylic acids is 8. The number of carboxylic acids is 1. The highest BCUT2D eigenvalue weighted by atomic mass is 16.5. The van der Waals surface area contributed by atoms with Gasteiger partial charge in [0.15, 0.2) is 0 Å². The first-order valence-electron chi connectivity index (χ1n) is 24.5. The first-order chi connectivity index (χ1) is 32.5. The van der Waals surface area contributed by atoms with Crippen molar-refractivity contribution >= 4 is 53.2 Å². The molecule has 10 N–H and O–H groups in total. The normalized spacial score (nSPS) is 20.7. The average molecular weight is 995 g/mol. The molecule has 70 heavy (non-hydrogen) atoms. The van der Waals surface area contributed by atoms with E-state index in [4.69, 9.17) is 25.7 Å². The van der Waals surface area contributed by atoms with Crippen LogP contribution in [-0.4, -0.2) is 191 Å². The number of hydrogen-bond donors (Lipinski definition) is 8. The van der Waals surface area contributed by atoms with Crippen LogP contribution in [0, 0.1) is 0 Å². The maximum absolute atomic E-state index is 14.3. The van der Waals surface area contributed by atoms with E-state index < -0.39 is 125 Å². The molecule has 3 saturated heterocycles. The van der Waals surface area contributed by atoms with Crippen LogP contribution in [0.1, 0.15) is 127 Å². The Hall–Kier alpha value is -4.97. The summed E-state index contributed by atoms with van der Waals surface area (Å²) in [6, 6.07) is -8.73. The molecule has 3 aliphatic heterocycles. The Morgan fingerprint density at radius 1 is 0.600 bits per heavy atom. The van der Waals surface area contributed by atoms with Crippen molar-refractivity contribution < 1.29 is 62.5 Å². The lowest BCUT2D eigenvalue weighted by molar-refractivity contribution is -0.151. The Morgan fingerprint density at radius 3 is 1.57 bits per heavy atom. The monoisotopic (exact) mass is 995 g/mol. The number of amides is 8. The van der Waals surface area contributed by atoms with Gasteiger partial charge in [0, 0.05) is 19.6 Å². The van der Waals surface area contributed by atoms with E-state index in [0.717, 1.165) is 0 Å². The summed E-state index contributed by atoms with van der Waals surface area (Å²) in [6.45, 7) is 17.4. The van der Waals surface area contributed by atoms with Crippen LogP contribution in [0.4, 0.5) is 0 Å². The zero-order valence-corrected chi connectivity index (χ0v) is 43.0. The summed E-state index contributed by atoms with van der Waals surface area (Å²) in [5, 5.41) is 22.6. The van der Waals surface area contributed by atoms with Crippen LogP contribution < -0.4 is 38.1 Å². The lowest BCUT2D eigenvalue weighted by Gasteiger charge is -2.35. The summed E-state index contributed by atoms with van der Waals surface area (Å²) in [7, 11) is 0. The zero-order valence-electron chi connectivity index (χ0n) is 43.0. The second kappa shape index (κ2) is 26.5. The third-order valence-corrected chi connectivity index (χ3v) is 11.9. The number of aliphatic carboxylic acids is 1. The van der Waals surface area contributed by atoms with Crippen molar-refractivity contribution in [3.8, 4) is 0 Å². The number of carboxylic acid groups (broad SMARTS) is 1. The Bertz CT molecular complexity index is 1850. The van der Waals surface area contributed by atoms with E-state index in [0.29, 0.717) is 51.5 Å². The fourth-order valence-corrected chi connectivity index (χ4v) is 8.17. The minimum Gasteiger partial charge on any atom is -0.480 e. The Balaban J connectivity index is 1.65. The fraction of sp³-hybridized carbons (Fsp3) is 0.809. The molecule has 0 unspecified atom stereocenters. The molecule has 23 heteroatoms. The second-order valence-electron chi connectivity index (χ2n) is 21.3.